The molecule has 1 aromatic carbocycles. The summed E-state index contributed by atoms with van der Waals surface area (Å²) in [5, 5.41) is -0.954. The molecular formula is C13H18O3S. The zero-order valence-electron chi connectivity index (χ0n) is 10.4. The Morgan fingerprint density at radius 3 is 2.24 bits per heavy atom. The number of ketones is 1. The van der Waals surface area contributed by atoms with Gasteiger partial charge in [0.25, 0.3) is 0 Å². The second kappa shape index (κ2) is 5.45. The Hall–Kier alpha value is -1.16. The molecule has 1 unspecified atom stereocenters. The standard InChI is InChI=1S/C13H18O3S/c1-4-9-17(15,16)11(3)13(14)12-7-5-10(2)6-8-12/h5-8,11H,4,9H2,1-3H3. The van der Waals surface area contributed by atoms with Crippen molar-refractivity contribution in [2.45, 2.75) is 32.4 Å². The van der Waals surface area contributed by atoms with E-state index in [0.29, 0.717) is 12.0 Å². The first-order chi connectivity index (χ1) is 7.88. The summed E-state index contributed by atoms with van der Waals surface area (Å²) < 4.78 is 23.6. The third-order valence-electron chi connectivity index (χ3n) is 2.73. The van der Waals surface area contributed by atoms with Gasteiger partial charge in [0.15, 0.2) is 15.6 Å². The second-order valence-electron chi connectivity index (χ2n) is 4.24. The van der Waals surface area contributed by atoms with Crippen LogP contribution in [0.2, 0.25) is 0 Å². The van der Waals surface area contributed by atoms with Crippen molar-refractivity contribution < 1.29 is 13.2 Å². The monoisotopic (exact) mass is 254 g/mol. The minimum Gasteiger partial charge on any atom is -0.293 e. The molecule has 1 aromatic rings. The fraction of sp³-hybridized carbons (Fsp3) is 0.462. The molecule has 0 aliphatic rings. The highest BCUT2D eigenvalue weighted by Gasteiger charge is 2.27. The maximum absolute atomic E-state index is 12.0. The van der Waals surface area contributed by atoms with E-state index in [-0.39, 0.29) is 11.5 Å². The Balaban J connectivity index is 2.94. The highest BCUT2D eigenvalue weighted by atomic mass is 32.2. The Bertz CT molecular complexity index is 486. The van der Waals surface area contributed by atoms with Crippen molar-refractivity contribution >= 4 is 15.6 Å². The van der Waals surface area contributed by atoms with Crippen molar-refractivity contribution in [1.29, 1.82) is 0 Å². The molecule has 0 amide bonds. The maximum Gasteiger partial charge on any atom is 0.180 e. The molecular weight excluding hydrogens is 236 g/mol. The van der Waals surface area contributed by atoms with Crippen molar-refractivity contribution in [2.75, 3.05) is 5.75 Å². The molecule has 0 aliphatic carbocycles. The second-order valence-corrected chi connectivity index (χ2v) is 6.68. The van der Waals surface area contributed by atoms with E-state index in [1.54, 1.807) is 19.1 Å². The predicted molar refractivity (Wildman–Crippen MR) is 69.0 cm³/mol. The average molecular weight is 254 g/mol. The summed E-state index contributed by atoms with van der Waals surface area (Å²) in [5.41, 5.74) is 1.51. The first-order valence-corrected chi connectivity index (χ1v) is 7.42. The Labute approximate surface area is 103 Å². The van der Waals surface area contributed by atoms with Gasteiger partial charge in [0, 0.05) is 5.56 Å². The van der Waals surface area contributed by atoms with E-state index in [9.17, 15) is 13.2 Å². The summed E-state index contributed by atoms with van der Waals surface area (Å²) in [6, 6.07) is 6.98. The van der Waals surface area contributed by atoms with Gasteiger partial charge in [-0.05, 0) is 20.3 Å². The van der Waals surface area contributed by atoms with Gasteiger partial charge in [-0.3, -0.25) is 4.79 Å². The molecule has 0 aromatic heterocycles. The summed E-state index contributed by atoms with van der Waals surface area (Å²) in [4.78, 5) is 12.0. The third kappa shape index (κ3) is 3.40. The van der Waals surface area contributed by atoms with Crippen LogP contribution in [0.5, 0.6) is 0 Å². The lowest BCUT2D eigenvalue weighted by Gasteiger charge is -2.11. The molecule has 1 atom stereocenters. The quantitative estimate of drug-likeness (QED) is 0.758. The summed E-state index contributed by atoms with van der Waals surface area (Å²) in [6.07, 6.45) is 0.536. The lowest BCUT2D eigenvalue weighted by atomic mass is 10.1. The van der Waals surface area contributed by atoms with E-state index < -0.39 is 15.1 Å². The molecule has 0 heterocycles. The molecule has 4 heteroatoms. The number of sulfone groups is 1. The van der Waals surface area contributed by atoms with E-state index in [4.69, 9.17) is 0 Å². The topological polar surface area (TPSA) is 51.2 Å². The fourth-order valence-electron chi connectivity index (χ4n) is 1.58. The van der Waals surface area contributed by atoms with E-state index >= 15 is 0 Å². The maximum atomic E-state index is 12.0. The Morgan fingerprint density at radius 2 is 1.76 bits per heavy atom. The Morgan fingerprint density at radius 1 is 1.24 bits per heavy atom. The number of hydrogen-bond donors (Lipinski definition) is 0. The molecule has 94 valence electrons. The van der Waals surface area contributed by atoms with Gasteiger partial charge in [-0.15, -0.1) is 0 Å². The van der Waals surface area contributed by atoms with Crippen molar-refractivity contribution in [3.8, 4) is 0 Å². The number of carbonyl (C=O) groups is 1. The number of rotatable bonds is 5. The van der Waals surface area contributed by atoms with Gasteiger partial charge in [-0.1, -0.05) is 36.8 Å². The molecule has 0 aliphatic heterocycles. The highest BCUT2D eigenvalue weighted by molar-refractivity contribution is 7.92. The predicted octanol–water partition coefficient (Wildman–Crippen LogP) is 2.39. The highest BCUT2D eigenvalue weighted by Crippen LogP contribution is 2.12. The average Bonchev–Trinajstić information content (AvgIpc) is 2.28. The van der Waals surface area contributed by atoms with Gasteiger partial charge in [0.2, 0.25) is 0 Å². The first kappa shape index (κ1) is 13.9. The molecule has 0 radical (unpaired) electrons. The number of benzene rings is 1. The molecule has 1 rings (SSSR count). The van der Waals surface area contributed by atoms with E-state index in [2.05, 4.69) is 0 Å². The third-order valence-corrected chi connectivity index (χ3v) is 5.00. The van der Waals surface area contributed by atoms with Gasteiger partial charge < -0.3 is 0 Å². The number of Topliss-reactive ketones (excluding diaryl/α,β-unsaturated/α-hetero) is 1. The van der Waals surface area contributed by atoms with Crippen LogP contribution in [-0.4, -0.2) is 25.2 Å². The SMILES string of the molecule is CCCS(=O)(=O)C(C)C(=O)c1ccc(C)cc1. The van der Waals surface area contributed by atoms with E-state index in [1.165, 1.54) is 6.92 Å². The van der Waals surface area contributed by atoms with E-state index in [1.807, 2.05) is 19.1 Å². The lowest BCUT2D eigenvalue weighted by molar-refractivity contribution is 0.0991. The molecule has 0 saturated carbocycles. The van der Waals surface area contributed by atoms with Gasteiger partial charge in [0.1, 0.15) is 5.25 Å². The van der Waals surface area contributed by atoms with Crippen molar-refractivity contribution in [3.63, 3.8) is 0 Å². The van der Waals surface area contributed by atoms with Crippen LogP contribution in [0.4, 0.5) is 0 Å². The molecule has 0 spiro atoms. The number of hydrogen-bond acceptors (Lipinski definition) is 3. The molecule has 0 bridgehead atoms. The van der Waals surface area contributed by atoms with Crippen molar-refractivity contribution in [1.82, 2.24) is 0 Å². The molecule has 0 N–H and O–H groups in total. The zero-order valence-corrected chi connectivity index (χ0v) is 11.3. The minimum absolute atomic E-state index is 0.0613. The van der Waals surface area contributed by atoms with Gasteiger partial charge in [-0.2, -0.15) is 0 Å². The van der Waals surface area contributed by atoms with E-state index in [0.717, 1.165) is 5.56 Å². The van der Waals surface area contributed by atoms with Crippen LogP contribution in [0.1, 0.15) is 36.2 Å². The normalized spacial score (nSPS) is 13.4. The van der Waals surface area contributed by atoms with Crippen LogP contribution >= 0.6 is 0 Å². The zero-order chi connectivity index (χ0) is 13.1. The van der Waals surface area contributed by atoms with Gasteiger partial charge in [-0.25, -0.2) is 8.42 Å². The molecule has 17 heavy (non-hydrogen) atoms. The number of aryl methyl sites for hydroxylation is 1. The van der Waals surface area contributed by atoms with Crippen molar-refractivity contribution in [2.24, 2.45) is 0 Å². The van der Waals surface area contributed by atoms with Crippen LogP contribution in [0, 0.1) is 6.92 Å². The summed E-state index contributed by atoms with van der Waals surface area (Å²) in [5.74, 6) is -0.260. The largest absolute Gasteiger partial charge is 0.293 e. The van der Waals surface area contributed by atoms with Crippen LogP contribution in [0.15, 0.2) is 24.3 Å². The summed E-state index contributed by atoms with van der Waals surface area (Å²) in [6.45, 7) is 5.18. The minimum atomic E-state index is -3.32. The van der Waals surface area contributed by atoms with Crippen LogP contribution < -0.4 is 0 Å². The van der Waals surface area contributed by atoms with Gasteiger partial charge in [0.05, 0.1) is 5.75 Å². The fourth-order valence-corrected chi connectivity index (χ4v) is 2.96. The summed E-state index contributed by atoms with van der Waals surface area (Å²) in [7, 11) is -3.32. The smallest absolute Gasteiger partial charge is 0.180 e. The lowest BCUT2D eigenvalue weighted by Crippen LogP contribution is -2.29. The van der Waals surface area contributed by atoms with Crippen LogP contribution in [-0.2, 0) is 9.84 Å². The molecule has 3 nitrogen and oxygen atoms in total. The molecule has 0 fully saturated rings. The Kier molecular flexibility index (Phi) is 4.46. The number of carbonyl (C=O) groups excluding carboxylic acids is 1. The van der Waals surface area contributed by atoms with Gasteiger partial charge >= 0.3 is 0 Å². The first-order valence-electron chi connectivity index (χ1n) is 5.71. The molecule has 0 saturated heterocycles. The summed E-state index contributed by atoms with van der Waals surface area (Å²) >= 11 is 0. The van der Waals surface area contributed by atoms with Crippen LogP contribution in [0.25, 0.3) is 0 Å². The van der Waals surface area contributed by atoms with Crippen LogP contribution in [0.3, 0.4) is 0 Å². The van der Waals surface area contributed by atoms with Crippen molar-refractivity contribution in [3.05, 3.63) is 35.4 Å².